The van der Waals surface area contributed by atoms with E-state index in [1.54, 1.807) is 6.33 Å². The monoisotopic (exact) mass is 483 g/mol. The van der Waals surface area contributed by atoms with Crippen LogP contribution in [0.25, 0.3) is 11.0 Å². The van der Waals surface area contributed by atoms with Crippen molar-refractivity contribution in [3.63, 3.8) is 0 Å². The maximum Gasteiger partial charge on any atom is 0.408 e. The molecule has 1 unspecified atom stereocenters. The molecule has 36 heavy (non-hydrogen) atoms. The number of nitrogens with zero attached hydrogens (tertiary/aromatic N) is 5. The van der Waals surface area contributed by atoms with Gasteiger partial charge in [-0.05, 0) is 55.7 Å². The number of fused-ring (bicyclic) bond motifs is 1. The number of hydrogen-bond acceptors (Lipinski definition) is 7. The van der Waals surface area contributed by atoms with Crippen LogP contribution < -0.4 is 15.8 Å². The standard InChI is InChI=1S/C26H25N7O3/c1-16-12-18(6-10-23(16)36-20-8-9-22-21(13-20)29-15-32(22)2)30-24-17(14-28-25(27)31-24)5-7-19-4-3-11-33(19)26(34)35/h6,8-10,12-15,19H,3-4,11H2,1-2H3,(H,34,35)(H3,27,28,30,31). The number of imidazole rings is 1. The summed E-state index contributed by atoms with van der Waals surface area (Å²) in [5.41, 5.74) is 9.94. The summed E-state index contributed by atoms with van der Waals surface area (Å²) in [5.74, 6) is 8.05. The molecule has 0 saturated carbocycles. The van der Waals surface area contributed by atoms with Crippen LogP contribution >= 0.6 is 0 Å². The fraction of sp³-hybridized carbons (Fsp3) is 0.231. The first-order chi connectivity index (χ1) is 17.4. The fourth-order valence-corrected chi connectivity index (χ4v) is 4.17. The summed E-state index contributed by atoms with van der Waals surface area (Å²) in [6.07, 6.45) is 3.84. The molecule has 0 radical (unpaired) electrons. The normalized spacial score (nSPS) is 14.9. The summed E-state index contributed by atoms with van der Waals surface area (Å²) in [6, 6.07) is 11.1. The highest BCUT2D eigenvalue weighted by atomic mass is 16.5. The van der Waals surface area contributed by atoms with Gasteiger partial charge in [-0.15, -0.1) is 0 Å². The highest BCUT2D eigenvalue weighted by Gasteiger charge is 2.26. The number of benzene rings is 2. The minimum atomic E-state index is -0.962. The van der Waals surface area contributed by atoms with E-state index < -0.39 is 6.09 Å². The highest BCUT2D eigenvalue weighted by molar-refractivity contribution is 5.77. The number of rotatable bonds is 4. The van der Waals surface area contributed by atoms with E-state index in [1.807, 2.05) is 54.9 Å². The first-order valence-electron chi connectivity index (χ1n) is 11.5. The van der Waals surface area contributed by atoms with Crippen molar-refractivity contribution in [3.8, 4) is 23.3 Å². The van der Waals surface area contributed by atoms with Crippen LogP contribution in [-0.2, 0) is 7.05 Å². The van der Waals surface area contributed by atoms with Crippen molar-refractivity contribution in [2.24, 2.45) is 7.05 Å². The van der Waals surface area contributed by atoms with Crippen molar-refractivity contribution in [2.45, 2.75) is 25.8 Å². The molecule has 1 fully saturated rings. The highest BCUT2D eigenvalue weighted by Crippen LogP contribution is 2.30. The van der Waals surface area contributed by atoms with Crippen LogP contribution in [0, 0.1) is 18.8 Å². The lowest BCUT2D eigenvalue weighted by Crippen LogP contribution is -2.33. The molecule has 4 N–H and O–H groups in total. The molecule has 10 nitrogen and oxygen atoms in total. The first-order valence-corrected chi connectivity index (χ1v) is 11.5. The molecule has 182 valence electrons. The van der Waals surface area contributed by atoms with Crippen molar-refractivity contribution in [1.29, 1.82) is 0 Å². The van der Waals surface area contributed by atoms with E-state index in [2.05, 4.69) is 32.1 Å². The Labute approximate surface area is 207 Å². The lowest BCUT2D eigenvalue weighted by Gasteiger charge is -2.16. The van der Waals surface area contributed by atoms with Crippen LogP contribution in [-0.4, -0.2) is 48.2 Å². The van der Waals surface area contributed by atoms with Crippen LogP contribution in [0.4, 0.5) is 22.2 Å². The van der Waals surface area contributed by atoms with E-state index in [4.69, 9.17) is 10.5 Å². The zero-order chi connectivity index (χ0) is 25.2. The number of aromatic nitrogens is 4. The van der Waals surface area contributed by atoms with Gasteiger partial charge in [0, 0.05) is 25.3 Å². The Kier molecular flexibility index (Phi) is 6.04. The number of ether oxygens (including phenoxy) is 1. The van der Waals surface area contributed by atoms with Crippen molar-refractivity contribution < 1.29 is 14.6 Å². The van der Waals surface area contributed by atoms with Gasteiger partial charge in [-0.1, -0.05) is 11.8 Å². The Hall–Kier alpha value is -4.78. The van der Waals surface area contributed by atoms with E-state index in [0.717, 1.165) is 28.7 Å². The van der Waals surface area contributed by atoms with Gasteiger partial charge in [-0.3, -0.25) is 4.90 Å². The number of carboxylic acid groups (broad SMARTS) is 1. The number of aryl methyl sites for hydroxylation is 2. The number of hydrogen-bond donors (Lipinski definition) is 3. The zero-order valence-corrected chi connectivity index (χ0v) is 19.9. The Bertz CT molecular complexity index is 1520. The Morgan fingerprint density at radius 3 is 2.92 bits per heavy atom. The van der Waals surface area contributed by atoms with Gasteiger partial charge in [-0.25, -0.2) is 14.8 Å². The SMILES string of the molecule is Cc1cc(Nc2nc(N)ncc2C#CC2CCCN2C(=O)O)ccc1Oc1ccc2c(c1)ncn2C. The Morgan fingerprint density at radius 1 is 1.25 bits per heavy atom. The van der Waals surface area contributed by atoms with Crippen molar-refractivity contribution >= 4 is 34.6 Å². The molecule has 5 rings (SSSR count). The maximum atomic E-state index is 11.4. The van der Waals surface area contributed by atoms with E-state index in [9.17, 15) is 9.90 Å². The summed E-state index contributed by atoms with van der Waals surface area (Å²) >= 11 is 0. The number of nitrogen functional groups attached to an aromatic ring is 1. The third kappa shape index (κ3) is 4.72. The van der Waals surface area contributed by atoms with Gasteiger partial charge in [0.1, 0.15) is 11.5 Å². The summed E-state index contributed by atoms with van der Waals surface area (Å²) in [4.78, 5) is 25.5. The molecule has 1 aliphatic heterocycles. The summed E-state index contributed by atoms with van der Waals surface area (Å²) in [6.45, 7) is 2.44. The summed E-state index contributed by atoms with van der Waals surface area (Å²) in [7, 11) is 1.95. The van der Waals surface area contributed by atoms with Gasteiger partial charge < -0.3 is 25.5 Å². The molecule has 1 amide bonds. The smallest absolute Gasteiger partial charge is 0.408 e. The fourth-order valence-electron chi connectivity index (χ4n) is 4.17. The predicted octanol–water partition coefficient (Wildman–Crippen LogP) is 4.28. The van der Waals surface area contributed by atoms with E-state index in [-0.39, 0.29) is 12.0 Å². The van der Waals surface area contributed by atoms with Crippen LogP contribution in [0.3, 0.4) is 0 Å². The Morgan fingerprint density at radius 2 is 2.11 bits per heavy atom. The third-order valence-electron chi connectivity index (χ3n) is 6.04. The van der Waals surface area contributed by atoms with Crippen molar-refractivity contribution in [1.82, 2.24) is 24.4 Å². The predicted molar refractivity (Wildman–Crippen MR) is 136 cm³/mol. The molecular formula is C26H25N7O3. The average molecular weight is 484 g/mol. The minimum Gasteiger partial charge on any atom is -0.465 e. The van der Waals surface area contributed by atoms with Gasteiger partial charge >= 0.3 is 6.09 Å². The molecule has 1 aliphatic rings. The number of likely N-dealkylation sites (tertiary alicyclic amines) is 1. The minimum absolute atomic E-state index is 0.109. The number of carbonyl (C=O) groups is 1. The van der Waals surface area contributed by atoms with Gasteiger partial charge in [0.2, 0.25) is 5.95 Å². The number of nitrogens with one attached hydrogen (secondary N) is 1. The van der Waals surface area contributed by atoms with Crippen molar-refractivity contribution in [3.05, 3.63) is 60.0 Å². The molecule has 2 aromatic carbocycles. The molecule has 10 heteroatoms. The van der Waals surface area contributed by atoms with Crippen LogP contribution in [0.1, 0.15) is 24.0 Å². The molecule has 3 heterocycles. The quantitative estimate of drug-likeness (QED) is 0.367. The molecular weight excluding hydrogens is 458 g/mol. The Balaban J connectivity index is 1.35. The number of nitrogens with two attached hydrogens (primary N) is 1. The van der Waals surface area contributed by atoms with Gasteiger partial charge in [0.05, 0.1) is 35.2 Å². The van der Waals surface area contributed by atoms with Gasteiger partial charge in [-0.2, -0.15) is 4.98 Å². The van der Waals surface area contributed by atoms with E-state index >= 15 is 0 Å². The van der Waals surface area contributed by atoms with Crippen LogP contribution in [0.15, 0.2) is 48.9 Å². The first kappa shape index (κ1) is 23.0. The molecule has 1 atom stereocenters. The van der Waals surface area contributed by atoms with Crippen molar-refractivity contribution in [2.75, 3.05) is 17.6 Å². The van der Waals surface area contributed by atoms with Crippen LogP contribution in [0.5, 0.6) is 11.5 Å². The van der Waals surface area contributed by atoms with Crippen LogP contribution in [0.2, 0.25) is 0 Å². The topological polar surface area (TPSA) is 131 Å². The number of amides is 1. The summed E-state index contributed by atoms with van der Waals surface area (Å²) in [5, 5.41) is 12.6. The molecule has 2 aromatic heterocycles. The summed E-state index contributed by atoms with van der Waals surface area (Å²) < 4.78 is 8.06. The second kappa shape index (κ2) is 9.46. The molecule has 4 aromatic rings. The zero-order valence-electron chi connectivity index (χ0n) is 19.9. The van der Waals surface area contributed by atoms with Gasteiger partial charge in [0.25, 0.3) is 0 Å². The molecule has 0 spiro atoms. The second-order valence-corrected chi connectivity index (χ2v) is 8.61. The van der Waals surface area contributed by atoms with E-state index in [0.29, 0.717) is 35.8 Å². The third-order valence-corrected chi connectivity index (χ3v) is 6.04. The second-order valence-electron chi connectivity index (χ2n) is 8.61. The maximum absolute atomic E-state index is 11.4. The molecule has 0 aliphatic carbocycles. The van der Waals surface area contributed by atoms with Gasteiger partial charge in [0.15, 0.2) is 5.82 Å². The molecule has 1 saturated heterocycles. The lowest BCUT2D eigenvalue weighted by molar-refractivity contribution is 0.148. The lowest BCUT2D eigenvalue weighted by atomic mass is 10.2. The average Bonchev–Trinajstić information content (AvgIpc) is 3.47. The molecule has 0 bridgehead atoms. The largest absolute Gasteiger partial charge is 0.465 e. The van der Waals surface area contributed by atoms with E-state index in [1.165, 1.54) is 11.1 Å². The number of anilines is 3.